The number of carbonyl (C=O) groups excluding carboxylic acids is 1. The lowest BCUT2D eigenvalue weighted by Crippen LogP contribution is -2.24. The van der Waals surface area contributed by atoms with Gasteiger partial charge < -0.3 is 4.90 Å². The summed E-state index contributed by atoms with van der Waals surface area (Å²) in [6.07, 6.45) is 6.65. The van der Waals surface area contributed by atoms with Crippen molar-refractivity contribution in [3.05, 3.63) is 65.7 Å². The molecule has 2 aromatic carbocycles. The van der Waals surface area contributed by atoms with Gasteiger partial charge in [-0.05, 0) is 60.9 Å². The Labute approximate surface area is 162 Å². The number of nitrogens with zero attached hydrogens (tertiary/aromatic N) is 1. The average Bonchev–Trinajstić information content (AvgIpc) is 2.66. The van der Waals surface area contributed by atoms with Gasteiger partial charge in [-0.3, -0.25) is 4.79 Å². The molecule has 0 radical (unpaired) electrons. The molecule has 0 aliphatic heterocycles. The Morgan fingerprint density at radius 3 is 1.96 bits per heavy atom. The van der Waals surface area contributed by atoms with E-state index in [1.165, 1.54) is 23.9 Å². The maximum absolute atomic E-state index is 12.3. The second-order valence-electron chi connectivity index (χ2n) is 6.57. The molecule has 0 spiro atoms. The van der Waals surface area contributed by atoms with Crippen LogP contribution < -0.4 is 4.90 Å². The third kappa shape index (κ3) is 6.07. The first-order valence-corrected chi connectivity index (χ1v) is 11.1. The molecule has 4 nitrogen and oxygen atoms in total. The molecule has 0 atom stereocenters. The van der Waals surface area contributed by atoms with Crippen molar-refractivity contribution in [3.8, 4) is 0 Å². The van der Waals surface area contributed by atoms with Crippen LogP contribution in [-0.2, 0) is 9.84 Å². The normalized spacial score (nSPS) is 11.7. The van der Waals surface area contributed by atoms with E-state index in [1.807, 2.05) is 12.1 Å². The van der Waals surface area contributed by atoms with E-state index in [0.29, 0.717) is 5.56 Å². The first-order chi connectivity index (χ1) is 12.8. The van der Waals surface area contributed by atoms with Gasteiger partial charge in [-0.1, -0.05) is 32.1 Å². The predicted molar refractivity (Wildman–Crippen MR) is 112 cm³/mol. The highest BCUT2D eigenvalue weighted by Gasteiger charge is 2.08. The van der Waals surface area contributed by atoms with Gasteiger partial charge in [0.15, 0.2) is 15.6 Å². The van der Waals surface area contributed by atoms with Crippen LogP contribution in [0.2, 0.25) is 0 Å². The number of anilines is 1. The summed E-state index contributed by atoms with van der Waals surface area (Å²) in [4.78, 5) is 14.9. The number of allylic oxidation sites excluding steroid dienone is 1. The third-order valence-corrected chi connectivity index (χ3v) is 5.37. The smallest absolute Gasteiger partial charge is 0.185 e. The molecule has 0 fully saturated rings. The van der Waals surface area contributed by atoms with Crippen LogP contribution in [0.3, 0.4) is 0 Å². The maximum Gasteiger partial charge on any atom is 0.185 e. The molecule has 0 saturated heterocycles. The minimum absolute atomic E-state index is 0.155. The van der Waals surface area contributed by atoms with Gasteiger partial charge in [0.1, 0.15) is 0 Å². The SMILES string of the molecule is CCCN(CCC)c1ccc(/C=C/C(=O)c2ccc(S(C)(=O)=O)cc2)cc1. The standard InChI is InChI=1S/C22H27NO3S/c1-4-16-23(17-5-2)20-11-6-18(7-12-20)8-15-22(24)19-9-13-21(14-10-19)27(3,25)26/h6-15H,4-5,16-17H2,1-3H3/b15-8+. The summed E-state index contributed by atoms with van der Waals surface area (Å²) >= 11 is 0. The van der Waals surface area contributed by atoms with Crippen LogP contribution in [-0.4, -0.2) is 33.5 Å². The van der Waals surface area contributed by atoms with Crippen LogP contribution in [0.1, 0.15) is 42.6 Å². The fraction of sp³-hybridized carbons (Fsp3) is 0.318. The number of carbonyl (C=O) groups is 1. The molecule has 144 valence electrons. The van der Waals surface area contributed by atoms with E-state index in [4.69, 9.17) is 0 Å². The summed E-state index contributed by atoms with van der Waals surface area (Å²) in [6.45, 7) is 6.41. The lowest BCUT2D eigenvalue weighted by atomic mass is 10.1. The van der Waals surface area contributed by atoms with Crippen molar-refractivity contribution in [1.82, 2.24) is 0 Å². The minimum atomic E-state index is -3.25. The number of benzene rings is 2. The molecular weight excluding hydrogens is 358 g/mol. The Kier molecular flexibility index (Phi) is 7.36. The van der Waals surface area contributed by atoms with Crippen molar-refractivity contribution in [1.29, 1.82) is 0 Å². The van der Waals surface area contributed by atoms with Crippen molar-refractivity contribution in [3.63, 3.8) is 0 Å². The zero-order valence-electron chi connectivity index (χ0n) is 16.2. The fourth-order valence-corrected chi connectivity index (χ4v) is 3.47. The minimum Gasteiger partial charge on any atom is -0.372 e. The van der Waals surface area contributed by atoms with Gasteiger partial charge in [-0.25, -0.2) is 8.42 Å². The summed E-state index contributed by atoms with van der Waals surface area (Å²) < 4.78 is 23.0. The molecule has 2 aromatic rings. The monoisotopic (exact) mass is 385 g/mol. The maximum atomic E-state index is 12.3. The molecular formula is C22H27NO3S. The first kappa shape index (κ1) is 20.9. The van der Waals surface area contributed by atoms with Gasteiger partial charge in [0.25, 0.3) is 0 Å². The Bertz CT molecular complexity index is 876. The molecule has 0 aliphatic carbocycles. The lowest BCUT2D eigenvalue weighted by Gasteiger charge is -2.23. The van der Waals surface area contributed by atoms with Crippen LogP contribution in [0.4, 0.5) is 5.69 Å². The van der Waals surface area contributed by atoms with Crippen molar-refractivity contribution < 1.29 is 13.2 Å². The molecule has 0 N–H and O–H groups in total. The lowest BCUT2D eigenvalue weighted by molar-refractivity contribution is 0.104. The van der Waals surface area contributed by atoms with Crippen molar-refractivity contribution in [2.24, 2.45) is 0 Å². The fourth-order valence-electron chi connectivity index (χ4n) is 2.84. The molecule has 0 heterocycles. The van der Waals surface area contributed by atoms with Gasteiger partial charge in [0.2, 0.25) is 0 Å². The van der Waals surface area contributed by atoms with Crippen molar-refractivity contribution >= 4 is 27.4 Å². The second-order valence-corrected chi connectivity index (χ2v) is 8.59. The van der Waals surface area contributed by atoms with Crippen LogP contribution >= 0.6 is 0 Å². The quantitative estimate of drug-likeness (QED) is 0.467. The summed E-state index contributed by atoms with van der Waals surface area (Å²) in [5.41, 5.74) is 2.61. The van der Waals surface area contributed by atoms with E-state index >= 15 is 0 Å². The summed E-state index contributed by atoms with van der Waals surface area (Å²) in [5, 5.41) is 0. The molecule has 0 saturated carbocycles. The van der Waals surface area contributed by atoms with Gasteiger partial charge in [0, 0.05) is 30.6 Å². The highest BCUT2D eigenvalue weighted by molar-refractivity contribution is 7.90. The van der Waals surface area contributed by atoms with E-state index in [0.717, 1.165) is 37.8 Å². The van der Waals surface area contributed by atoms with Gasteiger partial charge in [0.05, 0.1) is 4.90 Å². The molecule has 0 amide bonds. The Hall–Kier alpha value is -2.40. The number of rotatable bonds is 9. The number of hydrogen-bond donors (Lipinski definition) is 0. The van der Waals surface area contributed by atoms with Crippen LogP contribution in [0.15, 0.2) is 59.5 Å². The highest BCUT2D eigenvalue weighted by atomic mass is 32.2. The molecule has 2 rings (SSSR count). The van der Waals surface area contributed by atoms with Gasteiger partial charge in [-0.2, -0.15) is 0 Å². The van der Waals surface area contributed by atoms with Crippen molar-refractivity contribution in [2.75, 3.05) is 24.2 Å². The molecule has 27 heavy (non-hydrogen) atoms. The average molecular weight is 386 g/mol. The number of hydrogen-bond acceptors (Lipinski definition) is 4. The number of sulfone groups is 1. The largest absolute Gasteiger partial charge is 0.372 e. The van der Waals surface area contributed by atoms with E-state index < -0.39 is 9.84 Å². The Morgan fingerprint density at radius 2 is 1.48 bits per heavy atom. The van der Waals surface area contributed by atoms with Gasteiger partial charge in [-0.15, -0.1) is 0 Å². The second kappa shape index (κ2) is 9.51. The zero-order valence-corrected chi connectivity index (χ0v) is 17.0. The molecule has 5 heteroatoms. The topological polar surface area (TPSA) is 54.5 Å². The molecule has 0 aliphatic rings. The number of ketones is 1. The Morgan fingerprint density at radius 1 is 0.926 bits per heavy atom. The van der Waals surface area contributed by atoms with E-state index in [1.54, 1.807) is 18.2 Å². The summed E-state index contributed by atoms with van der Waals surface area (Å²) in [6, 6.07) is 14.2. The zero-order chi connectivity index (χ0) is 19.9. The summed E-state index contributed by atoms with van der Waals surface area (Å²) in [5.74, 6) is -0.155. The van der Waals surface area contributed by atoms with Crippen LogP contribution in [0, 0.1) is 0 Å². The van der Waals surface area contributed by atoms with E-state index in [2.05, 4.69) is 30.9 Å². The molecule has 0 unspecified atom stereocenters. The van der Waals surface area contributed by atoms with Gasteiger partial charge >= 0.3 is 0 Å². The van der Waals surface area contributed by atoms with Crippen molar-refractivity contribution in [2.45, 2.75) is 31.6 Å². The predicted octanol–water partition coefficient (Wildman–Crippen LogP) is 4.61. The van der Waals surface area contributed by atoms with Crippen LogP contribution in [0.5, 0.6) is 0 Å². The molecule has 0 aromatic heterocycles. The van der Waals surface area contributed by atoms with Crippen LogP contribution in [0.25, 0.3) is 6.08 Å². The molecule has 0 bridgehead atoms. The Balaban J connectivity index is 2.07. The van der Waals surface area contributed by atoms with E-state index in [9.17, 15) is 13.2 Å². The van der Waals surface area contributed by atoms with E-state index in [-0.39, 0.29) is 10.7 Å². The first-order valence-electron chi connectivity index (χ1n) is 9.22. The third-order valence-electron chi connectivity index (χ3n) is 4.24. The summed E-state index contributed by atoms with van der Waals surface area (Å²) in [7, 11) is -3.25. The highest BCUT2D eigenvalue weighted by Crippen LogP contribution is 2.17.